The number of likely N-dealkylation sites (tertiary alicyclic amines) is 1. The number of nitrogens with zero attached hydrogens (tertiary/aromatic N) is 3. The Balaban J connectivity index is 1.52. The summed E-state index contributed by atoms with van der Waals surface area (Å²) in [6.45, 7) is 9.72. The first-order valence-electron chi connectivity index (χ1n) is 12.3. The molecule has 12 heteroatoms. The van der Waals surface area contributed by atoms with Crippen molar-refractivity contribution in [3.05, 3.63) is 58.0 Å². The molecule has 0 amide bonds. The van der Waals surface area contributed by atoms with E-state index >= 15 is 0 Å². The zero-order chi connectivity index (χ0) is 27.2. The van der Waals surface area contributed by atoms with Crippen LogP contribution in [0.3, 0.4) is 0 Å². The van der Waals surface area contributed by atoms with Gasteiger partial charge in [-0.15, -0.1) is 0 Å². The molecule has 3 rings (SSSR count). The standard InChI is InChI=1S/C25H35F3N4O4Si/c1-18(13-31-14-20(15-31)24(34)36-16-19-8-6-5-7-9-19)30-21-12-29-32(17-35-10-11-37(2,3)4)23(33)22(21)25(26,27)28/h5-9,12,18,20,30H,10-11,13-17H2,1-4H3/t18-/m0/s1. The van der Waals surface area contributed by atoms with Crippen LogP contribution in [0.5, 0.6) is 0 Å². The van der Waals surface area contributed by atoms with Crippen molar-refractivity contribution in [3.63, 3.8) is 0 Å². The number of ether oxygens (including phenoxy) is 2. The van der Waals surface area contributed by atoms with Crippen LogP contribution < -0.4 is 10.9 Å². The fraction of sp³-hybridized carbons (Fsp3) is 0.560. The SMILES string of the molecule is C[C@@H](CN1CC(C(=O)OCc2ccccc2)C1)Nc1cnn(COCC[Si](C)(C)C)c(=O)c1C(F)(F)F. The molecule has 0 saturated carbocycles. The van der Waals surface area contributed by atoms with Crippen molar-refractivity contribution in [2.45, 2.75) is 58.2 Å². The van der Waals surface area contributed by atoms with Crippen LogP contribution in [0.2, 0.25) is 25.7 Å². The lowest BCUT2D eigenvalue weighted by atomic mass is 9.99. The molecule has 1 aliphatic heterocycles. The molecule has 1 aromatic heterocycles. The van der Waals surface area contributed by atoms with Gasteiger partial charge < -0.3 is 14.8 Å². The van der Waals surface area contributed by atoms with Gasteiger partial charge in [0.2, 0.25) is 0 Å². The molecule has 0 spiro atoms. The summed E-state index contributed by atoms with van der Waals surface area (Å²) in [6, 6.07) is 9.77. The molecule has 1 fully saturated rings. The second kappa shape index (κ2) is 12.2. The van der Waals surface area contributed by atoms with Gasteiger partial charge in [0, 0.05) is 40.4 Å². The first kappa shape index (κ1) is 28.9. The van der Waals surface area contributed by atoms with Crippen LogP contribution in [0.1, 0.15) is 18.1 Å². The highest BCUT2D eigenvalue weighted by molar-refractivity contribution is 6.76. The molecule has 204 valence electrons. The fourth-order valence-electron chi connectivity index (χ4n) is 3.91. The monoisotopic (exact) mass is 540 g/mol. The third-order valence-corrected chi connectivity index (χ3v) is 7.69. The summed E-state index contributed by atoms with van der Waals surface area (Å²) in [5, 5.41) is 6.66. The van der Waals surface area contributed by atoms with Crippen LogP contribution in [0.4, 0.5) is 18.9 Å². The van der Waals surface area contributed by atoms with Crippen molar-refractivity contribution in [1.82, 2.24) is 14.7 Å². The Hall–Kier alpha value is -2.70. The van der Waals surface area contributed by atoms with Gasteiger partial charge in [0.25, 0.3) is 5.56 Å². The Bertz CT molecular complexity index is 1100. The largest absolute Gasteiger partial charge is 0.461 e. The predicted octanol–water partition coefficient (Wildman–Crippen LogP) is 4.05. The van der Waals surface area contributed by atoms with Crippen molar-refractivity contribution in [2.24, 2.45) is 5.92 Å². The maximum atomic E-state index is 13.8. The summed E-state index contributed by atoms with van der Waals surface area (Å²) in [4.78, 5) is 26.8. The topological polar surface area (TPSA) is 85.7 Å². The van der Waals surface area contributed by atoms with Crippen LogP contribution >= 0.6 is 0 Å². The predicted molar refractivity (Wildman–Crippen MR) is 137 cm³/mol. The number of halogens is 3. The second-order valence-corrected chi connectivity index (χ2v) is 16.3. The summed E-state index contributed by atoms with van der Waals surface area (Å²) in [6.07, 6.45) is -3.84. The van der Waals surface area contributed by atoms with Crippen LogP contribution in [0.15, 0.2) is 41.3 Å². The molecular formula is C25H35F3N4O4Si. The fourth-order valence-corrected chi connectivity index (χ4v) is 4.66. The van der Waals surface area contributed by atoms with Crippen molar-refractivity contribution < 1.29 is 27.4 Å². The second-order valence-electron chi connectivity index (χ2n) is 10.6. The highest BCUT2D eigenvalue weighted by Gasteiger charge is 2.39. The van der Waals surface area contributed by atoms with E-state index in [0.29, 0.717) is 30.9 Å². The van der Waals surface area contributed by atoms with E-state index in [9.17, 15) is 22.8 Å². The summed E-state index contributed by atoms with van der Waals surface area (Å²) >= 11 is 0. The summed E-state index contributed by atoms with van der Waals surface area (Å²) < 4.78 is 52.8. The average molecular weight is 541 g/mol. The molecule has 0 aliphatic carbocycles. The van der Waals surface area contributed by atoms with E-state index in [0.717, 1.165) is 17.8 Å². The molecule has 2 heterocycles. The molecule has 8 nitrogen and oxygen atoms in total. The minimum atomic E-state index is -4.85. The number of hydrogen-bond donors (Lipinski definition) is 1. The molecule has 2 aromatic rings. The quantitative estimate of drug-likeness (QED) is 0.247. The summed E-state index contributed by atoms with van der Waals surface area (Å²) in [5.41, 5.74) is -2.02. The smallest absolute Gasteiger partial charge is 0.423 e. The molecule has 0 unspecified atom stereocenters. The molecule has 1 N–H and O–H groups in total. The Morgan fingerprint density at radius 1 is 1.22 bits per heavy atom. The van der Waals surface area contributed by atoms with Gasteiger partial charge in [-0.25, -0.2) is 4.68 Å². The first-order chi connectivity index (χ1) is 17.3. The van der Waals surface area contributed by atoms with Gasteiger partial charge in [-0.3, -0.25) is 14.5 Å². The molecule has 0 bridgehead atoms. The van der Waals surface area contributed by atoms with E-state index < -0.39 is 31.4 Å². The number of aromatic nitrogens is 2. The minimum Gasteiger partial charge on any atom is -0.461 e. The molecular weight excluding hydrogens is 505 g/mol. The van der Waals surface area contributed by atoms with Crippen LogP contribution in [-0.2, 0) is 33.8 Å². The lowest BCUT2D eigenvalue weighted by molar-refractivity contribution is -0.156. The van der Waals surface area contributed by atoms with Gasteiger partial charge in [0.1, 0.15) is 18.9 Å². The van der Waals surface area contributed by atoms with E-state index in [-0.39, 0.29) is 30.9 Å². The number of esters is 1. The molecule has 1 atom stereocenters. The third kappa shape index (κ3) is 8.68. The van der Waals surface area contributed by atoms with Crippen molar-refractivity contribution in [1.29, 1.82) is 0 Å². The Kier molecular flexibility index (Phi) is 9.54. The number of rotatable bonds is 12. The highest BCUT2D eigenvalue weighted by atomic mass is 28.3. The van der Waals surface area contributed by atoms with Gasteiger partial charge in [0.05, 0.1) is 17.8 Å². The van der Waals surface area contributed by atoms with Crippen LogP contribution in [0.25, 0.3) is 0 Å². The number of hydrogen-bond acceptors (Lipinski definition) is 7. The lowest BCUT2D eigenvalue weighted by Crippen LogP contribution is -2.53. The number of alkyl halides is 3. The number of carbonyl (C=O) groups excluding carboxylic acids is 1. The van der Waals surface area contributed by atoms with Gasteiger partial charge in [-0.2, -0.15) is 18.3 Å². The zero-order valence-electron chi connectivity index (χ0n) is 21.7. The van der Waals surface area contributed by atoms with E-state index in [2.05, 4.69) is 30.1 Å². The number of carbonyl (C=O) groups is 1. The van der Waals surface area contributed by atoms with Crippen molar-refractivity contribution in [3.8, 4) is 0 Å². The van der Waals surface area contributed by atoms with E-state index in [1.807, 2.05) is 35.2 Å². The Labute approximate surface area is 215 Å². The van der Waals surface area contributed by atoms with Crippen molar-refractivity contribution in [2.75, 3.05) is 31.6 Å². The average Bonchev–Trinajstić information content (AvgIpc) is 2.77. The molecule has 0 radical (unpaired) electrons. The maximum absolute atomic E-state index is 13.8. The summed E-state index contributed by atoms with van der Waals surface area (Å²) in [7, 11) is -1.37. The molecule has 1 aliphatic rings. The number of nitrogens with one attached hydrogen (secondary N) is 1. The van der Waals surface area contributed by atoms with Gasteiger partial charge in [0.15, 0.2) is 0 Å². The number of benzene rings is 1. The minimum absolute atomic E-state index is 0.205. The van der Waals surface area contributed by atoms with Gasteiger partial charge in [-0.05, 0) is 18.5 Å². The number of anilines is 1. The first-order valence-corrected chi connectivity index (χ1v) is 16.0. The van der Waals surface area contributed by atoms with Gasteiger partial charge in [-0.1, -0.05) is 50.0 Å². The third-order valence-electron chi connectivity index (χ3n) is 5.99. The maximum Gasteiger partial charge on any atom is 0.423 e. The highest BCUT2D eigenvalue weighted by Crippen LogP contribution is 2.32. The van der Waals surface area contributed by atoms with Gasteiger partial charge >= 0.3 is 12.1 Å². The van der Waals surface area contributed by atoms with E-state index in [1.165, 1.54) is 0 Å². The Morgan fingerprint density at radius 3 is 2.51 bits per heavy atom. The van der Waals surface area contributed by atoms with Crippen LogP contribution in [0, 0.1) is 5.92 Å². The molecule has 37 heavy (non-hydrogen) atoms. The zero-order valence-corrected chi connectivity index (χ0v) is 22.7. The lowest BCUT2D eigenvalue weighted by Gasteiger charge is -2.39. The molecule has 1 saturated heterocycles. The van der Waals surface area contributed by atoms with E-state index in [1.54, 1.807) is 6.92 Å². The normalized spacial score (nSPS) is 15.8. The van der Waals surface area contributed by atoms with Crippen LogP contribution in [-0.4, -0.2) is 61.0 Å². The Morgan fingerprint density at radius 2 is 1.89 bits per heavy atom. The molecule has 1 aromatic carbocycles. The van der Waals surface area contributed by atoms with E-state index in [4.69, 9.17) is 9.47 Å². The van der Waals surface area contributed by atoms with Crippen molar-refractivity contribution >= 4 is 19.7 Å². The summed E-state index contributed by atoms with van der Waals surface area (Å²) in [5.74, 6) is -0.562.